The summed E-state index contributed by atoms with van der Waals surface area (Å²) >= 11 is 7.30. The third-order valence-electron chi connectivity index (χ3n) is 4.92. The number of halogens is 2. The maximum Gasteiger partial charge on any atom is 0.0800 e. The van der Waals surface area contributed by atoms with Crippen LogP contribution < -0.4 is 0 Å². The fourth-order valence-corrected chi connectivity index (χ4v) is 4.53. The Morgan fingerprint density at radius 1 is 0.793 bits per heavy atom. The van der Waals surface area contributed by atoms with E-state index in [1.54, 1.807) is 0 Å². The Hall–Kier alpha value is -2.44. The van der Waals surface area contributed by atoms with Gasteiger partial charge in [0.25, 0.3) is 0 Å². The second-order valence-corrected chi connectivity index (χ2v) is 8.89. The highest BCUT2D eigenvalue weighted by molar-refractivity contribution is 9.15. The SMILES string of the molecule is CCCc1cc2cc3nc(cc4cc(Br)c(cc5nc(cc1[nH]2)C=C5Br)[nH]4)C=C3. The Balaban J connectivity index is 1.87. The standard InChI is InChI=1S/C23H18Br2N4/c1-2-3-13-6-16-7-14-4-5-15(26-14)8-17-9-19(24)22(28-17)12-23-20(25)10-18(29-23)11-21(13)27-16/h4-12,27-28H,2-3H2,1H3. The zero-order chi connectivity index (χ0) is 20.0. The van der Waals surface area contributed by atoms with Crippen LogP contribution in [0.3, 0.4) is 0 Å². The lowest BCUT2D eigenvalue weighted by atomic mass is 10.1. The van der Waals surface area contributed by atoms with Gasteiger partial charge in [-0.1, -0.05) is 13.3 Å². The van der Waals surface area contributed by atoms with E-state index in [-0.39, 0.29) is 0 Å². The normalized spacial score (nSPS) is 13.0. The number of aromatic amines is 2. The highest BCUT2D eigenvalue weighted by atomic mass is 79.9. The van der Waals surface area contributed by atoms with Crippen LogP contribution in [-0.4, -0.2) is 19.9 Å². The highest BCUT2D eigenvalue weighted by Gasteiger charge is 2.09. The van der Waals surface area contributed by atoms with Gasteiger partial charge in [0.05, 0.1) is 28.3 Å². The molecule has 0 aromatic carbocycles. The maximum atomic E-state index is 4.81. The zero-order valence-corrected chi connectivity index (χ0v) is 18.9. The number of rotatable bonds is 2. The van der Waals surface area contributed by atoms with E-state index in [1.165, 1.54) is 5.56 Å². The molecule has 6 heteroatoms. The average molecular weight is 510 g/mol. The quantitative estimate of drug-likeness (QED) is 0.303. The third kappa shape index (κ3) is 3.74. The minimum Gasteiger partial charge on any atom is -0.355 e. The van der Waals surface area contributed by atoms with Gasteiger partial charge < -0.3 is 9.97 Å². The second kappa shape index (κ2) is 7.43. The molecule has 2 N–H and O–H groups in total. The van der Waals surface area contributed by atoms with Gasteiger partial charge in [0.2, 0.25) is 0 Å². The van der Waals surface area contributed by atoms with Crippen molar-refractivity contribution in [2.45, 2.75) is 19.8 Å². The Kier molecular flexibility index (Phi) is 4.76. The lowest BCUT2D eigenvalue weighted by molar-refractivity contribution is 0.931. The fourth-order valence-electron chi connectivity index (χ4n) is 3.63. The first-order valence-corrected chi connectivity index (χ1v) is 11.1. The van der Waals surface area contributed by atoms with Crippen molar-refractivity contribution in [2.24, 2.45) is 0 Å². The Morgan fingerprint density at radius 3 is 2.28 bits per heavy atom. The van der Waals surface area contributed by atoms with Crippen LogP contribution in [0, 0.1) is 0 Å². The Labute approximate surface area is 185 Å². The van der Waals surface area contributed by atoms with Crippen molar-refractivity contribution in [2.75, 3.05) is 0 Å². The molecule has 2 aliphatic rings. The summed E-state index contributed by atoms with van der Waals surface area (Å²) in [6.07, 6.45) is 8.24. The van der Waals surface area contributed by atoms with Gasteiger partial charge in [0, 0.05) is 25.5 Å². The monoisotopic (exact) mass is 508 g/mol. The van der Waals surface area contributed by atoms with Gasteiger partial charge in [-0.25, -0.2) is 9.97 Å². The van der Waals surface area contributed by atoms with Crippen molar-refractivity contribution < 1.29 is 0 Å². The van der Waals surface area contributed by atoms with E-state index in [9.17, 15) is 0 Å². The van der Waals surface area contributed by atoms with Crippen molar-refractivity contribution in [3.8, 4) is 0 Å². The van der Waals surface area contributed by atoms with Gasteiger partial charge in [-0.05, 0) is 98.5 Å². The van der Waals surface area contributed by atoms with E-state index in [0.29, 0.717) is 0 Å². The van der Waals surface area contributed by atoms with E-state index in [0.717, 1.165) is 66.6 Å². The van der Waals surface area contributed by atoms with Crippen LogP contribution in [0.15, 0.2) is 40.9 Å². The summed E-state index contributed by atoms with van der Waals surface area (Å²) in [4.78, 5) is 16.5. The topological polar surface area (TPSA) is 57.4 Å². The number of fused-ring (bicyclic) bond motifs is 8. The van der Waals surface area contributed by atoms with Gasteiger partial charge in [-0.3, -0.25) is 0 Å². The minimum atomic E-state index is 0.890. The van der Waals surface area contributed by atoms with Gasteiger partial charge in [-0.2, -0.15) is 0 Å². The largest absolute Gasteiger partial charge is 0.355 e. The summed E-state index contributed by atoms with van der Waals surface area (Å²) in [5.41, 5.74) is 9.08. The van der Waals surface area contributed by atoms with Gasteiger partial charge >= 0.3 is 0 Å². The molecule has 144 valence electrons. The molecule has 0 radical (unpaired) electrons. The molecule has 2 aliphatic heterocycles. The van der Waals surface area contributed by atoms with Crippen molar-refractivity contribution in [3.63, 3.8) is 0 Å². The first-order valence-electron chi connectivity index (χ1n) is 9.54. The summed E-state index contributed by atoms with van der Waals surface area (Å²) < 4.78 is 1.96. The first kappa shape index (κ1) is 18.6. The number of nitrogens with one attached hydrogen (secondary N) is 2. The number of nitrogens with zero attached hydrogens (tertiary/aromatic N) is 2. The lowest BCUT2D eigenvalue weighted by Gasteiger charge is -1.92. The molecule has 0 unspecified atom stereocenters. The molecule has 0 atom stereocenters. The van der Waals surface area contributed by atoms with Crippen LogP contribution in [0.5, 0.6) is 0 Å². The predicted molar refractivity (Wildman–Crippen MR) is 128 cm³/mol. The Bertz CT molecular complexity index is 1340. The highest BCUT2D eigenvalue weighted by Crippen LogP contribution is 2.29. The summed E-state index contributed by atoms with van der Waals surface area (Å²) in [6.45, 7) is 2.20. The van der Waals surface area contributed by atoms with Gasteiger partial charge in [0.1, 0.15) is 0 Å². The summed E-state index contributed by atoms with van der Waals surface area (Å²) in [6, 6.07) is 12.6. The Morgan fingerprint density at radius 2 is 1.52 bits per heavy atom. The van der Waals surface area contributed by atoms with Crippen LogP contribution in [0.25, 0.3) is 44.8 Å². The molecule has 3 aromatic heterocycles. The number of hydrogen-bond donors (Lipinski definition) is 2. The molecule has 29 heavy (non-hydrogen) atoms. The molecule has 0 spiro atoms. The number of aromatic nitrogens is 4. The molecule has 0 saturated heterocycles. The average Bonchev–Trinajstić information content (AvgIpc) is 3.41. The van der Waals surface area contributed by atoms with E-state index < -0.39 is 0 Å². The number of hydrogen-bond acceptors (Lipinski definition) is 2. The molecule has 0 saturated carbocycles. The van der Waals surface area contributed by atoms with E-state index >= 15 is 0 Å². The van der Waals surface area contributed by atoms with Crippen LogP contribution in [-0.2, 0) is 6.42 Å². The van der Waals surface area contributed by atoms with Crippen LogP contribution in [0.2, 0.25) is 0 Å². The van der Waals surface area contributed by atoms with Crippen molar-refractivity contribution >= 4 is 76.6 Å². The summed E-state index contributed by atoms with van der Waals surface area (Å²) in [5.74, 6) is 0. The van der Waals surface area contributed by atoms with Gasteiger partial charge in [-0.15, -0.1) is 0 Å². The molecule has 3 aromatic rings. The van der Waals surface area contributed by atoms with E-state index in [1.807, 2.05) is 24.3 Å². The molecule has 0 aliphatic carbocycles. The molecular formula is C23H18Br2N4. The third-order valence-corrected chi connectivity index (χ3v) is 6.22. The number of H-pyrrole nitrogens is 2. The van der Waals surface area contributed by atoms with E-state index in [2.05, 4.69) is 79.1 Å². The van der Waals surface area contributed by atoms with Crippen LogP contribution in [0.4, 0.5) is 0 Å². The molecule has 5 rings (SSSR count). The van der Waals surface area contributed by atoms with Crippen LogP contribution >= 0.6 is 31.9 Å². The molecule has 5 heterocycles. The molecule has 8 bridgehead atoms. The van der Waals surface area contributed by atoms with E-state index in [4.69, 9.17) is 9.97 Å². The second-order valence-electron chi connectivity index (χ2n) is 7.19. The zero-order valence-electron chi connectivity index (χ0n) is 15.8. The fraction of sp³-hybridized carbons (Fsp3) is 0.130. The lowest BCUT2D eigenvalue weighted by Crippen LogP contribution is -1.80. The summed E-state index contributed by atoms with van der Waals surface area (Å²) in [5, 5.41) is 0. The molecular weight excluding hydrogens is 492 g/mol. The minimum absolute atomic E-state index is 0.890. The van der Waals surface area contributed by atoms with Crippen molar-refractivity contribution in [1.29, 1.82) is 0 Å². The predicted octanol–water partition coefficient (Wildman–Crippen LogP) is 7.09. The van der Waals surface area contributed by atoms with Crippen molar-refractivity contribution in [3.05, 3.63) is 69.2 Å². The molecule has 4 nitrogen and oxygen atoms in total. The smallest absolute Gasteiger partial charge is 0.0800 e. The van der Waals surface area contributed by atoms with Gasteiger partial charge in [0.15, 0.2) is 0 Å². The maximum absolute atomic E-state index is 4.81. The number of aryl methyl sites for hydroxylation is 1. The van der Waals surface area contributed by atoms with Crippen LogP contribution in [0.1, 0.15) is 41.7 Å². The summed E-state index contributed by atoms with van der Waals surface area (Å²) in [7, 11) is 0. The first-order chi connectivity index (χ1) is 14.1. The molecule has 0 fully saturated rings. The van der Waals surface area contributed by atoms with Crippen molar-refractivity contribution in [1.82, 2.24) is 19.9 Å². The molecule has 0 amide bonds.